The van der Waals surface area contributed by atoms with Gasteiger partial charge in [0.2, 0.25) is 5.91 Å². The van der Waals surface area contributed by atoms with E-state index in [0.29, 0.717) is 12.3 Å². The fraction of sp³-hybridized carbons (Fsp3) is 0.800. The fourth-order valence-electron chi connectivity index (χ4n) is 3.00. The zero-order valence-electron chi connectivity index (χ0n) is 11.4. The van der Waals surface area contributed by atoms with Gasteiger partial charge in [0.1, 0.15) is 0 Å². The third kappa shape index (κ3) is 3.58. The van der Waals surface area contributed by atoms with E-state index in [1.807, 2.05) is 11.8 Å². The molecule has 0 aromatic heterocycles. The van der Waals surface area contributed by atoms with Gasteiger partial charge in [-0.05, 0) is 51.4 Å². The molecular weight excluding hydrogens is 226 g/mol. The second-order valence-electron chi connectivity index (χ2n) is 5.74. The maximum Gasteiger partial charge on any atom is 0.226 e. The summed E-state index contributed by atoms with van der Waals surface area (Å²) in [4.78, 5) is 14.1. The van der Waals surface area contributed by atoms with Crippen molar-refractivity contribution in [2.75, 3.05) is 13.1 Å². The molecule has 0 bridgehead atoms. The number of hydrogen-bond donors (Lipinski definition) is 1. The molecule has 0 aromatic rings. The van der Waals surface area contributed by atoms with Gasteiger partial charge in [0.25, 0.3) is 0 Å². The molecule has 1 fully saturated rings. The topological polar surface area (TPSA) is 40.5 Å². The lowest BCUT2D eigenvalue weighted by Gasteiger charge is -2.33. The Morgan fingerprint density at radius 2 is 2.17 bits per heavy atom. The number of carbonyl (C=O) groups excluding carboxylic acids is 1. The standard InChI is InChI=1S/C15H25NO2/c1-12(17)14-7-9-16(10-8-14)15(18)11-13-5-3-2-4-6-13/h5,12,14,17H,2-4,6-11H2,1H3. The molecule has 1 heterocycles. The molecule has 102 valence electrons. The Labute approximate surface area is 110 Å². The van der Waals surface area contributed by atoms with Crippen molar-refractivity contribution in [3.8, 4) is 0 Å². The molecule has 3 heteroatoms. The van der Waals surface area contributed by atoms with Crippen LogP contribution < -0.4 is 0 Å². The highest BCUT2D eigenvalue weighted by atomic mass is 16.3. The molecule has 2 rings (SSSR count). The number of hydrogen-bond acceptors (Lipinski definition) is 2. The van der Waals surface area contributed by atoms with Crippen LogP contribution in [0.5, 0.6) is 0 Å². The maximum absolute atomic E-state index is 12.2. The SMILES string of the molecule is CC(O)C1CCN(C(=O)CC2=CCCCC2)CC1. The summed E-state index contributed by atoms with van der Waals surface area (Å²) in [6, 6.07) is 0. The third-order valence-corrected chi connectivity index (χ3v) is 4.34. The lowest BCUT2D eigenvalue weighted by molar-refractivity contribution is -0.132. The van der Waals surface area contributed by atoms with Crippen LogP contribution in [0.25, 0.3) is 0 Å². The number of aliphatic hydroxyl groups excluding tert-OH is 1. The molecule has 1 atom stereocenters. The van der Waals surface area contributed by atoms with Crippen LogP contribution in [0, 0.1) is 5.92 Å². The average molecular weight is 251 g/mol. The van der Waals surface area contributed by atoms with Crippen LogP contribution in [0.2, 0.25) is 0 Å². The summed E-state index contributed by atoms with van der Waals surface area (Å²) >= 11 is 0. The van der Waals surface area contributed by atoms with Gasteiger partial charge in [0.15, 0.2) is 0 Å². The summed E-state index contributed by atoms with van der Waals surface area (Å²) in [7, 11) is 0. The molecular formula is C15H25NO2. The predicted molar refractivity (Wildman–Crippen MR) is 72.2 cm³/mol. The van der Waals surface area contributed by atoms with Gasteiger partial charge in [-0.25, -0.2) is 0 Å². The van der Waals surface area contributed by atoms with E-state index >= 15 is 0 Å². The van der Waals surface area contributed by atoms with Crippen LogP contribution in [0.3, 0.4) is 0 Å². The van der Waals surface area contributed by atoms with E-state index in [1.165, 1.54) is 18.4 Å². The lowest BCUT2D eigenvalue weighted by Crippen LogP contribution is -2.40. The predicted octanol–water partition coefficient (Wildman–Crippen LogP) is 2.50. The van der Waals surface area contributed by atoms with Crippen LogP contribution in [-0.2, 0) is 4.79 Å². The highest BCUT2D eigenvalue weighted by molar-refractivity contribution is 5.78. The highest BCUT2D eigenvalue weighted by Crippen LogP contribution is 2.24. The molecule has 1 unspecified atom stereocenters. The summed E-state index contributed by atoms with van der Waals surface area (Å²) in [5.74, 6) is 0.662. The minimum atomic E-state index is -0.233. The summed E-state index contributed by atoms with van der Waals surface area (Å²) in [6.07, 6.45) is 9.31. The number of likely N-dealkylation sites (tertiary alicyclic amines) is 1. The van der Waals surface area contributed by atoms with Gasteiger partial charge in [-0.2, -0.15) is 0 Å². The van der Waals surface area contributed by atoms with Crippen molar-refractivity contribution in [1.82, 2.24) is 4.90 Å². The van der Waals surface area contributed by atoms with Crippen molar-refractivity contribution in [2.45, 2.75) is 58.0 Å². The van der Waals surface area contributed by atoms with Gasteiger partial charge in [-0.15, -0.1) is 0 Å². The first-order valence-electron chi connectivity index (χ1n) is 7.30. The molecule has 1 amide bonds. The molecule has 2 aliphatic rings. The number of rotatable bonds is 3. The summed E-state index contributed by atoms with van der Waals surface area (Å²) in [5.41, 5.74) is 1.34. The van der Waals surface area contributed by atoms with Crippen molar-refractivity contribution in [1.29, 1.82) is 0 Å². The fourth-order valence-corrected chi connectivity index (χ4v) is 3.00. The minimum absolute atomic E-state index is 0.233. The van der Waals surface area contributed by atoms with Crippen LogP contribution in [-0.4, -0.2) is 35.1 Å². The van der Waals surface area contributed by atoms with E-state index in [-0.39, 0.29) is 12.0 Å². The second kappa shape index (κ2) is 6.37. The number of nitrogens with zero attached hydrogens (tertiary/aromatic N) is 1. The molecule has 3 nitrogen and oxygen atoms in total. The van der Waals surface area contributed by atoms with Crippen LogP contribution in [0.1, 0.15) is 51.9 Å². The van der Waals surface area contributed by atoms with E-state index in [0.717, 1.165) is 38.8 Å². The van der Waals surface area contributed by atoms with Gasteiger partial charge >= 0.3 is 0 Å². The first kappa shape index (κ1) is 13.6. The Morgan fingerprint density at radius 1 is 1.44 bits per heavy atom. The number of allylic oxidation sites excluding steroid dienone is 1. The van der Waals surface area contributed by atoms with Crippen LogP contribution in [0.15, 0.2) is 11.6 Å². The maximum atomic E-state index is 12.2. The quantitative estimate of drug-likeness (QED) is 0.783. The third-order valence-electron chi connectivity index (χ3n) is 4.34. The van der Waals surface area contributed by atoms with Gasteiger partial charge < -0.3 is 10.0 Å². The molecule has 1 N–H and O–H groups in total. The van der Waals surface area contributed by atoms with E-state index in [4.69, 9.17) is 0 Å². The Morgan fingerprint density at radius 3 is 2.72 bits per heavy atom. The largest absolute Gasteiger partial charge is 0.393 e. The van der Waals surface area contributed by atoms with Crippen molar-refractivity contribution in [3.63, 3.8) is 0 Å². The van der Waals surface area contributed by atoms with Gasteiger partial charge in [-0.3, -0.25) is 4.79 Å². The van der Waals surface area contributed by atoms with Gasteiger partial charge in [-0.1, -0.05) is 11.6 Å². The van der Waals surface area contributed by atoms with Gasteiger partial charge in [0.05, 0.1) is 6.10 Å². The summed E-state index contributed by atoms with van der Waals surface area (Å²) < 4.78 is 0. The Balaban J connectivity index is 1.78. The molecule has 1 aliphatic carbocycles. The Kier molecular flexibility index (Phi) is 4.81. The Hall–Kier alpha value is -0.830. The minimum Gasteiger partial charge on any atom is -0.393 e. The van der Waals surface area contributed by atoms with E-state index < -0.39 is 0 Å². The molecule has 1 aliphatic heterocycles. The zero-order chi connectivity index (χ0) is 13.0. The van der Waals surface area contributed by atoms with E-state index in [9.17, 15) is 9.90 Å². The zero-order valence-corrected chi connectivity index (χ0v) is 11.4. The molecule has 0 radical (unpaired) electrons. The van der Waals surface area contributed by atoms with Crippen molar-refractivity contribution >= 4 is 5.91 Å². The molecule has 0 spiro atoms. The molecule has 1 saturated heterocycles. The number of piperidine rings is 1. The number of carbonyl (C=O) groups is 1. The van der Waals surface area contributed by atoms with Gasteiger partial charge in [0, 0.05) is 19.5 Å². The lowest BCUT2D eigenvalue weighted by atomic mass is 9.91. The smallest absolute Gasteiger partial charge is 0.226 e. The van der Waals surface area contributed by atoms with Crippen LogP contribution >= 0.6 is 0 Å². The molecule has 18 heavy (non-hydrogen) atoms. The molecule has 0 saturated carbocycles. The first-order chi connectivity index (χ1) is 8.66. The summed E-state index contributed by atoms with van der Waals surface area (Å²) in [6.45, 7) is 3.50. The van der Waals surface area contributed by atoms with E-state index in [2.05, 4.69) is 6.08 Å². The summed E-state index contributed by atoms with van der Waals surface area (Å²) in [5, 5.41) is 9.55. The van der Waals surface area contributed by atoms with Crippen molar-refractivity contribution in [3.05, 3.63) is 11.6 Å². The Bertz CT molecular complexity index is 314. The normalized spacial score (nSPS) is 23.7. The van der Waals surface area contributed by atoms with Crippen LogP contribution in [0.4, 0.5) is 0 Å². The van der Waals surface area contributed by atoms with Crippen molar-refractivity contribution in [2.24, 2.45) is 5.92 Å². The first-order valence-corrected chi connectivity index (χ1v) is 7.30. The number of amides is 1. The molecule has 0 aromatic carbocycles. The highest BCUT2D eigenvalue weighted by Gasteiger charge is 2.25. The van der Waals surface area contributed by atoms with Crippen molar-refractivity contribution < 1.29 is 9.90 Å². The average Bonchev–Trinajstić information content (AvgIpc) is 2.40. The second-order valence-corrected chi connectivity index (χ2v) is 5.74. The number of aliphatic hydroxyl groups is 1. The van der Waals surface area contributed by atoms with E-state index in [1.54, 1.807) is 0 Å². The monoisotopic (exact) mass is 251 g/mol.